The van der Waals surface area contributed by atoms with Crippen LogP contribution in [0.5, 0.6) is 0 Å². The van der Waals surface area contributed by atoms with Crippen LogP contribution in [0.3, 0.4) is 0 Å². The van der Waals surface area contributed by atoms with Gasteiger partial charge in [0.05, 0.1) is 6.54 Å². The molecule has 1 aromatic carbocycles. The van der Waals surface area contributed by atoms with Crippen molar-refractivity contribution in [3.8, 4) is 0 Å². The normalized spacial score (nSPS) is 14.9. The summed E-state index contributed by atoms with van der Waals surface area (Å²) in [5, 5.41) is 6.48. The van der Waals surface area contributed by atoms with Gasteiger partial charge in [0.15, 0.2) is 5.96 Å². The Bertz CT molecular complexity index is 369. The summed E-state index contributed by atoms with van der Waals surface area (Å²) in [6.45, 7) is 5.99. The van der Waals surface area contributed by atoms with Crippen LogP contribution >= 0.6 is 0 Å². The molecule has 0 amide bonds. The molecule has 14 heavy (non-hydrogen) atoms. The molecular formula is C11H15N3. The number of aliphatic imine (C=N–C) groups is 1. The van der Waals surface area contributed by atoms with Crippen LogP contribution in [0.4, 0.5) is 5.69 Å². The molecule has 2 rings (SSSR count). The molecule has 0 aliphatic carbocycles. The molecule has 3 nitrogen and oxygen atoms in total. The molecule has 2 N–H and O–H groups in total. The quantitative estimate of drug-likeness (QED) is 0.705. The lowest BCUT2D eigenvalue weighted by Crippen LogP contribution is -2.26. The second-order valence-electron chi connectivity index (χ2n) is 3.60. The number of anilines is 1. The number of guanidine groups is 1. The number of nitrogens with zero attached hydrogens (tertiary/aromatic N) is 1. The first-order chi connectivity index (χ1) is 6.75. The van der Waals surface area contributed by atoms with Gasteiger partial charge in [-0.25, -0.2) is 0 Å². The van der Waals surface area contributed by atoms with Crippen molar-refractivity contribution in [3.05, 3.63) is 29.3 Å². The number of aryl methyl sites for hydroxylation is 2. The van der Waals surface area contributed by atoms with Crippen molar-refractivity contribution in [1.29, 1.82) is 0 Å². The molecule has 74 valence electrons. The van der Waals surface area contributed by atoms with Crippen LogP contribution in [0.1, 0.15) is 11.1 Å². The molecule has 0 saturated carbocycles. The van der Waals surface area contributed by atoms with Crippen LogP contribution in [-0.2, 0) is 0 Å². The Morgan fingerprint density at radius 3 is 2.93 bits per heavy atom. The molecule has 0 aromatic heterocycles. The number of benzene rings is 1. The third-order valence-electron chi connectivity index (χ3n) is 2.32. The van der Waals surface area contributed by atoms with E-state index in [1.807, 2.05) is 0 Å². The van der Waals surface area contributed by atoms with Crippen LogP contribution in [0.25, 0.3) is 0 Å². The molecule has 0 saturated heterocycles. The van der Waals surface area contributed by atoms with Gasteiger partial charge < -0.3 is 10.6 Å². The predicted molar refractivity (Wildman–Crippen MR) is 59.8 cm³/mol. The smallest absolute Gasteiger partial charge is 0.195 e. The van der Waals surface area contributed by atoms with Crippen molar-refractivity contribution >= 4 is 11.6 Å². The standard InChI is InChI=1S/C11H15N3/c1-8-3-4-9(2)10(7-8)14-11-12-5-6-13-11/h3-4,7H,5-6H2,1-2H3,(H2,12,13,14). The summed E-state index contributed by atoms with van der Waals surface area (Å²) in [5.74, 6) is 0.888. The summed E-state index contributed by atoms with van der Waals surface area (Å²) in [6, 6.07) is 6.37. The van der Waals surface area contributed by atoms with E-state index < -0.39 is 0 Å². The molecular weight excluding hydrogens is 174 g/mol. The van der Waals surface area contributed by atoms with Crippen molar-refractivity contribution in [2.24, 2.45) is 4.99 Å². The van der Waals surface area contributed by atoms with E-state index in [9.17, 15) is 0 Å². The number of rotatable bonds is 1. The zero-order valence-electron chi connectivity index (χ0n) is 8.59. The van der Waals surface area contributed by atoms with E-state index in [-0.39, 0.29) is 0 Å². The zero-order chi connectivity index (χ0) is 9.97. The molecule has 0 radical (unpaired) electrons. The van der Waals surface area contributed by atoms with E-state index in [1.54, 1.807) is 0 Å². The van der Waals surface area contributed by atoms with Gasteiger partial charge >= 0.3 is 0 Å². The van der Waals surface area contributed by atoms with Crippen molar-refractivity contribution in [2.45, 2.75) is 13.8 Å². The van der Waals surface area contributed by atoms with E-state index in [2.05, 4.69) is 47.7 Å². The summed E-state index contributed by atoms with van der Waals surface area (Å²) >= 11 is 0. The van der Waals surface area contributed by atoms with Crippen LogP contribution in [0.2, 0.25) is 0 Å². The first-order valence-corrected chi connectivity index (χ1v) is 4.88. The molecule has 0 fully saturated rings. The number of nitrogens with one attached hydrogen (secondary N) is 2. The van der Waals surface area contributed by atoms with Gasteiger partial charge in [-0.3, -0.25) is 4.99 Å². The highest BCUT2D eigenvalue weighted by Gasteiger charge is 2.06. The van der Waals surface area contributed by atoms with E-state index >= 15 is 0 Å². The maximum atomic E-state index is 4.30. The molecule has 0 spiro atoms. The van der Waals surface area contributed by atoms with Gasteiger partial charge in [0.2, 0.25) is 0 Å². The molecule has 1 aromatic rings. The van der Waals surface area contributed by atoms with Gasteiger partial charge in [-0.1, -0.05) is 12.1 Å². The second kappa shape index (κ2) is 3.70. The Labute approximate surface area is 84.2 Å². The minimum absolute atomic E-state index is 0.868. The van der Waals surface area contributed by atoms with Crippen molar-refractivity contribution in [3.63, 3.8) is 0 Å². The third-order valence-corrected chi connectivity index (χ3v) is 2.32. The Morgan fingerprint density at radius 1 is 1.36 bits per heavy atom. The van der Waals surface area contributed by atoms with E-state index in [4.69, 9.17) is 0 Å². The number of hydrogen-bond donors (Lipinski definition) is 2. The van der Waals surface area contributed by atoms with E-state index in [1.165, 1.54) is 11.1 Å². The summed E-state index contributed by atoms with van der Waals surface area (Å²) in [5.41, 5.74) is 3.64. The largest absolute Gasteiger partial charge is 0.354 e. The SMILES string of the molecule is Cc1ccc(C)c(NC2=NCCN2)c1. The predicted octanol–water partition coefficient (Wildman–Crippen LogP) is 1.67. The summed E-state index contributed by atoms with van der Waals surface area (Å²) in [6.07, 6.45) is 0. The zero-order valence-corrected chi connectivity index (χ0v) is 8.59. The minimum Gasteiger partial charge on any atom is -0.354 e. The average Bonchev–Trinajstić information content (AvgIpc) is 2.64. The van der Waals surface area contributed by atoms with Gasteiger partial charge in [0.25, 0.3) is 0 Å². The van der Waals surface area contributed by atoms with Crippen molar-refractivity contribution in [1.82, 2.24) is 5.32 Å². The summed E-state index contributed by atoms with van der Waals surface area (Å²) in [7, 11) is 0. The van der Waals surface area contributed by atoms with Crippen LogP contribution in [0, 0.1) is 13.8 Å². The highest BCUT2D eigenvalue weighted by molar-refractivity contribution is 5.95. The summed E-state index contributed by atoms with van der Waals surface area (Å²) in [4.78, 5) is 4.30. The van der Waals surface area contributed by atoms with Gasteiger partial charge in [-0.2, -0.15) is 0 Å². The topological polar surface area (TPSA) is 36.4 Å². The van der Waals surface area contributed by atoms with Gasteiger partial charge in [0, 0.05) is 12.2 Å². The fourth-order valence-electron chi connectivity index (χ4n) is 1.48. The Balaban J connectivity index is 2.19. The van der Waals surface area contributed by atoms with Crippen LogP contribution in [0.15, 0.2) is 23.2 Å². The van der Waals surface area contributed by atoms with Crippen LogP contribution in [-0.4, -0.2) is 19.0 Å². The lowest BCUT2D eigenvalue weighted by atomic mass is 10.1. The highest BCUT2D eigenvalue weighted by Crippen LogP contribution is 2.16. The first-order valence-electron chi connectivity index (χ1n) is 4.88. The Hall–Kier alpha value is -1.51. The lowest BCUT2D eigenvalue weighted by Gasteiger charge is -2.10. The van der Waals surface area contributed by atoms with Crippen molar-refractivity contribution in [2.75, 3.05) is 18.4 Å². The van der Waals surface area contributed by atoms with Gasteiger partial charge in [0.1, 0.15) is 0 Å². The first kappa shape index (κ1) is 9.06. The molecule has 0 bridgehead atoms. The average molecular weight is 189 g/mol. The monoisotopic (exact) mass is 189 g/mol. The van der Waals surface area contributed by atoms with Crippen LogP contribution < -0.4 is 10.6 Å². The maximum absolute atomic E-state index is 4.30. The lowest BCUT2D eigenvalue weighted by molar-refractivity contribution is 0.959. The molecule has 0 unspecified atom stereocenters. The van der Waals surface area contributed by atoms with Gasteiger partial charge in [-0.05, 0) is 31.0 Å². The fraction of sp³-hybridized carbons (Fsp3) is 0.364. The molecule has 1 aliphatic rings. The molecule has 0 atom stereocenters. The molecule has 3 heteroatoms. The minimum atomic E-state index is 0.868. The van der Waals surface area contributed by atoms with E-state index in [0.29, 0.717) is 0 Å². The Kier molecular flexibility index (Phi) is 2.39. The second-order valence-corrected chi connectivity index (χ2v) is 3.60. The highest BCUT2D eigenvalue weighted by atomic mass is 15.2. The fourth-order valence-corrected chi connectivity index (χ4v) is 1.48. The van der Waals surface area contributed by atoms with Crippen molar-refractivity contribution < 1.29 is 0 Å². The summed E-state index contributed by atoms with van der Waals surface area (Å²) < 4.78 is 0. The third kappa shape index (κ3) is 1.87. The number of hydrogen-bond acceptors (Lipinski definition) is 3. The van der Waals surface area contributed by atoms with Gasteiger partial charge in [-0.15, -0.1) is 0 Å². The maximum Gasteiger partial charge on any atom is 0.195 e. The Morgan fingerprint density at radius 2 is 2.21 bits per heavy atom. The van der Waals surface area contributed by atoms with E-state index in [0.717, 1.165) is 24.7 Å². The molecule has 1 aliphatic heterocycles. The molecule has 1 heterocycles.